The van der Waals surface area contributed by atoms with Crippen LogP contribution in [0.15, 0.2) is 54.7 Å². The fraction of sp³-hybridized carbons (Fsp3) is 0.182. The van der Waals surface area contributed by atoms with E-state index in [-0.39, 0.29) is 24.0 Å². The fourth-order valence-corrected chi connectivity index (χ4v) is 2.82. The zero-order valence-electron chi connectivity index (χ0n) is 17.7. The van der Waals surface area contributed by atoms with Crippen molar-refractivity contribution in [3.8, 4) is 5.75 Å². The van der Waals surface area contributed by atoms with Crippen LogP contribution in [0.4, 0.5) is 23.1 Å². The molecular weight excluding hydrogens is 412 g/mol. The fourth-order valence-electron chi connectivity index (χ4n) is 2.82. The summed E-state index contributed by atoms with van der Waals surface area (Å²) in [6, 6.07) is 14.5. The summed E-state index contributed by atoms with van der Waals surface area (Å²) in [6.07, 6.45) is 1.36. The molecule has 0 aliphatic rings. The molecular formula is C22H24N6O4. The van der Waals surface area contributed by atoms with Crippen LogP contribution in [0.3, 0.4) is 0 Å². The van der Waals surface area contributed by atoms with E-state index in [1.165, 1.54) is 13.3 Å². The van der Waals surface area contributed by atoms with E-state index in [4.69, 9.17) is 15.2 Å². The van der Waals surface area contributed by atoms with Crippen LogP contribution in [0.25, 0.3) is 0 Å². The number of ether oxygens (including phenoxy) is 2. The van der Waals surface area contributed by atoms with Crippen molar-refractivity contribution in [2.75, 3.05) is 36.8 Å². The van der Waals surface area contributed by atoms with Crippen LogP contribution in [0, 0.1) is 0 Å². The average Bonchev–Trinajstić information content (AvgIpc) is 2.78. The van der Waals surface area contributed by atoms with Crippen LogP contribution in [0.5, 0.6) is 5.75 Å². The van der Waals surface area contributed by atoms with Gasteiger partial charge in [0.1, 0.15) is 18.2 Å². The Morgan fingerprint density at radius 2 is 1.81 bits per heavy atom. The number of nitrogens with zero attached hydrogens (tertiary/aromatic N) is 2. The van der Waals surface area contributed by atoms with Crippen LogP contribution in [0.1, 0.15) is 15.9 Å². The lowest BCUT2D eigenvalue weighted by atomic mass is 10.2. The van der Waals surface area contributed by atoms with Gasteiger partial charge in [0, 0.05) is 31.2 Å². The first kappa shape index (κ1) is 22.5. The Morgan fingerprint density at radius 3 is 2.50 bits per heavy atom. The smallest absolute Gasteiger partial charge is 0.254 e. The van der Waals surface area contributed by atoms with Gasteiger partial charge in [-0.05, 0) is 35.9 Å². The molecule has 1 heterocycles. The van der Waals surface area contributed by atoms with Crippen molar-refractivity contribution in [1.82, 2.24) is 9.97 Å². The second-order valence-electron chi connectivity index (χ2n) is 6.71. The molecule has 0 saturated carbocycles. The minimum atomic E-state index is -0.642. The van der Waals surface area contributed by atoms with E-state index >= 15 is 0 Å². The molecule has 10 nitrogen and oxygen atoms in total. The summed E-state index contributed by atoms with van der Waals surface area (Å²) in [5.41, 5.74) is 7.84. The Bertz CT molecular complexity index is 1090. The number of rotatable bonds is 10. The second kappa shape index (κ2) is 10.7. The number of hydrogen-bond acceptors (Lipinski definition) is 8. The Morgan fingerprint density at radius 1 is 1.06 bits per heavy atom. The van der Waals surface area contributed by atoms with Crippen LogP contribution in [-0.2, 0) is 16.1 Å². The molecule has 0 bridgehead atoms. The topological polar surface area (TPSA) is 140 Å². The molecule has 5 N–H and O–H groups in total. The van der Waals surface area contributed by atoms with E-state index in [2.05, 4.69) is 25.9 Å². The van der Waals surface area contributed by atoms with Gasteiger partial charge < -0.3 is 31.2 Å². The highest BCUT2D eigenvalue weighted by Crippen LogP contribution is 2.21. The highest BCUT2D eigenvalue weighted by molar-refractivity contribution is 5.97. The number of aromatic nitrogens is 2. The lowest BCUT2D eigenvalue weighted by molar-refractivity contribution is -0.119. The van der Waals surface area contributed by atoms with Crippen molar-refractivity contribution in [1.29, 1.82) is 0 Å². The summed E-state index contributed by atoms with van der Waals surface area (Å²) in [6.45, 7) is 0.375. The Hall–Kier alpha value is -4.18. The number of nitrogens with two attached hydrogens (primary N) is 1. The maximum absolute atomic E-state index is 11.8. The number of hydrogen-bond donors (Lipinski definition) is 4. The van der Waals surface area contributed by atoms with E-state index in [0.29, 0.717) is 23.7 Å². The third kappa shape index (κ3) is 6.16. The molecule has 0 saturated heterocycles. The zero-order chi connectivity index (χ0) is 22.9. The summed E-state index contributed by atoms with van der Waals surface area (Å²) < 4.78 is 9.97. The van der Waals surface area contributed by atoms with Gasteiger partial charge in [0.05, 0.1) is 12.7 Å². The number of carbonyl (C=O) groups is 2. The number of methoxy groups -OCH3 is 2. The Labute approximate surface area is 185 Å². The van der Waals surface area contributed by atoms with Crippen LogP contribution < -0.4 is 26.4 Å². The number of anilines is 4. The molecule has 0 spiro atoms. The minimum absolute atomic E-state index is 0.0431. The highest BCUT2D eigenvalue weighted by Gasteiger charge is 2.13. The van der Waals surface area contributed by atoms with Gasteiger partial charge >= 0.3 is 0 Å². The van der Waals surface area contributed by atoms with Crippen LogP contribution >= 0.6 is 0 Å². The van der Waals surface area contributed by atoms with E-state index in [1.807, 2.05) is 24.3 Å². The molecule has 166 valence electrons. The van der Waals surface area contributed by atoms with Crippen molar-refractivity contribution in [3.63, 3.8) is 0 Å². The first-order valence-corrected chi connectivity index (χ1v) is 9.68. The Kier molecular flexibility index (Phi) is 7.55. The third-order valence-corrected chi connectivity index (χ3v) is 4.35. The lowest BCUT2D eigenvalue weighted by Crippen LogP contribution is -2.17. The number of benzene rings is 2. The normalized spacial score (nSPS) is 10.3. The highest BCUT2D eigenvalue weighted by atomic mass is 16.5. The van der Waals surface area contributed by atoms with Gasteiger partial charge in [-0.15, -0.1) is 0 Å². The minimum Gasteiger partial charge on any atom is -0.497 e. The van der Waals surface area contributed by atoms with Crippen molar-refractivity contribution in [2.45, 2.75) is 6.54 Å². The van der Waals surface area contributed by atoms with E-state index < -0.39 is 5.91 Å². The first-order chi connectivity index (χ1) is 15.5. The van der Waals surface area contributed by atoms with E-state index in [9.17, 15) is 9.59 Å². The molecule has 0 aliphatic carbocycles. The number of primary amides is 1. The molecule has 0 fully saturated rings. The summed E-state index contributed by atoms with van der Waals surface area (Å²) in [7, 11) is 3.05. The molecule has 0 aliphatic heterocycles. The van der Waals surface area contributed by atoms with Crippen LogP contribution in [0.2, 0.25) is 0 Å². The second-order valence-corrected chi connectivity index (χ2v) is 6.71. The third-order valence-electron chi connectivity index (χ3n) is 4.35. The lowest BCUT2D eigenvalue weighted by Gasteiger charge is -2.12. The predicted molar refractivity (Wildman–Crippen MR) is 121 cm³/mol. The summed E-state index contributed by atoms with van der Waals surface area (Å²) >= 11 is 0. The molecule has 32 heavy (non-hydrogen) atoms. The number of amides is 2. The quantitative estimate of drug-likeness (QED) is 0.380. The first-order valence-electron chi connectivity index (χ1n) is 9.68. The van der Waals surface area contributed by atoms with E-state index in [1.54, 1.807) is 31.4 Å². The van der Waals surface area contributed by atoms with Gasteiger partial charge in [0.15, 0.2) is 0 Å². The van der Waals surface area contributed by atoms with Crippen molar-refractivity contribution >= 4 is 35.0 Å². The molecule has 0 atom stereocenters. The molecule has 0 radical (unpaired) electrons. The van der Waals surface area contributed by atoms with Crippen LogP contribution in [-0.4, -0.2) is 42.6 Å². The number of nitrogens with one attached hydrogen (secondary N) is 3. The van der Waals surface area contributed by atoms with Gasteiger partial charge in [0.2, 0.25) is 11.9 Å². The van der Waals surface area contributed by atoms with Gasteiger partial charge in [-0.1, -0.05) is 18.2 Å². The van der Waals surface area contributed by atoms with Gasteiger partial charge in [-0.2, -0.15) is 4.98 Å². The van der Waals surface area contributed by atoms with Gasteiger partial charge in [-0.3, -0.25) is 9.59 Å². The largest absolute Gasteiger partial charge is 0.497 e. The van der Waals surface area contributed by atoms with Gasteiger partial charge in [0.25, 0.3) is 5.91 Å². The maximum Gasteiger partial charge on any atom is 0.254 e. The van der Waals surface area contributed by atoms with Gasteiger partial charge in [-0.25, -0.2) is 4.98 Å². The standard InChI is InChI=1S/C22H24N6O4/c1-31-13-19(29)26-15-4-3-5-16(10-15)27-22-25-12-18(20(23)30)21(28-22)24-11-14-6-8-17(32-2)9-7-14/h3-10,12H,11,13H2,1-2H3,(H2,23,30)(H,26,29)(H2,24,25,27,28). The molecule has 1 aromatic heterocycles. The molecule has 3 aromatic rings. The zero-order valence-corrected chi connectivity index (χ0v) is 17.7. The van der Waals surface area contributed by atoms with E-state index in [0.717, 1.165) is 11.3 Å². The summed E-state index contributed by atoms with van der Waals surface area (Å²) in [5.74, 6) is 0.400. The number of carbonyl (C=O) groups excluding carboxylic acids is 2. The Balaban J connectivity index is 1.75. The average molecular weight is 436 g/mol. The maximum atomic E-state index is 11.8. The van der Waals surface area contributed by atoms with Crippen molar-refractivity contribution in [2.24, 2.45) is 5.73 Å². The molecule has 0 unspecified atom stereocenters. The predicted octanol–water partition coefficient (Wildman–Crippen LogP) is 2.52. The molecule has 2 amide bonds. The molecule has 3 rings (SSSR count). The molecule has 2 aromatic carbocycles. The monoisotopic (exact) mass is 436 g/mol. The van der Waals surface area contributed by atoms with Crippen molar-refractivity contribution in [3.05, 3.63) is 65.9 Å². The SMILES string of the molecule is COCC(=O)Nc1cccc(Nc2ncc(C(N)=O)c(NCc3ccc(OC)cc3)n2)c1. The summed E-state index contributed by atoms with van der Waals surface area (Å²) in [5, 5.41) is 8.90. The summed E-state index contributed by atoms with van der Waals surface area (Å²) in [4.78, 5) is 32.1. The van der Waals surface area contributed by atoms with Crippen molar-refractivity contribution < 1.29 is 19.1 Å². The molecule has 10 heteroatoms.